The fraction of sp³-hybridized carbons (Fsp3) is 0.300. The Morgan fingerprint density at radius 3 is 2.34 bits per heavy atom. The molecule has 0 unspecified atom stereocenters. The number of halogens is 1. The Bertz CT molecular complexity index is 918. The smallest absolute Gasteiger partial charge is 0.270 e. The highest BCUT2D eigenvalue weighted by molar-refractivity contribution is 7.99. The van der Waals surface area contributed by atoms with E-state index in [1.54, 1.807) is 23.1 Å². The van der Waals surface area contributed by atoms with Crippen molar-refractivity contribution in [1.29, 1.82) is 0 Å². The van der Waals surface area contributed by atoms with E-state index in [4.69, 9.17) is 0 Å². The van der Waals surface area contributed by atoms with E-state index < -0.39 is 16.6 Å². The fourth-order valence-electron chi connectivity index (χ4n) is 2.69. The molecule has 29 heavy (non-hydrogen) atoms. The van der Waals surface area contributed by atoms with Gasteiger partial charge in [0.25, 0.3) is 11.6 Å². The maximum atomic E-state index is 14.0. The van der Waals surface area contributed by atoms with Crippen molar-refractivity contribution in [3.8, 4) is 0 Å². The molecule has 0 heterocycles. The predicted octanol–water partition coefficient (Wildman–Crippen LogP) is 3.83. The largest absolute Gasteiger partial charge is 0.342 e. The lowest BCUT2D eigenvalue weighted by molar-refractivity contribution is -0.384. The van der Waals surface area contributed by atoms with Crippen LogP contribution in [0.2, 0.25) is 0 Å². The number of amides is 2. The molecule has 0 radical (unpaired) electrons. The van der Waals surface area contributed by atoms with Gasteiger partial charge in [-0.3, -0.25) is 19.7 Å². The third-order valence-electron chi connectivity index (χ3n) is 4.30. The van der Waals surface area contributed by atoms with Crippen LogP contribution in [0.15, 0.2) is 52.3 Å². The summed E-state index contributed by atoms with van der Waals surface area (Å²) in [6.45, 7) is 4.55. The molecular weight excluding hydrogens is 397 g/mol. The van der Waals surface area contributed by atoms with E-state index in [-0.39, 0.29) is 28.6 Å². The van der Waals surface area contributed by atoms with E-state index >= 15 is 0 Å². The second-order valence-corrected chi connectivity index (χ2v) is 7.28. The SMILES string of the molecule is CCN(CC)C(=O)CN(C)C(=O)c1cc([N+](=O)[O-])ccc1Sc1ccccc1F. The predicted molar refractivity (Wildman–Crippen MR) is 109 cm³/mol. The van der Waals surface area contributed by atoms with Crippen LogP contribution in [-0.2, 0) is 4.79 Å². The minimum absolute atomic E-state index is 0.0438. The van der Waals surface area contributed by atoms with Crippen molar-refractivity contribution in [2.45, 2.75) is 23.6 Å². The lowest BCUT2D eigenvalue weighted by Crippen LogP contribution is -2.41. The maximum Gasteiger partial charge on any atom is 0.270 e. The van der Waals surface area contributed by atoms with Crippen LogP contribution in [0.25, 0.3) is 0 Å². The molecule has 2 amide bonds. The molecule has 0 aliphatic heterocycles. The Morgan fingerprint density at radius 1 is 1.10 bits per heavy atom. The average molecular weight is 419 g/mol. The highest BCUT2D eigenvalue weighted by atomic mass is 32.2. The lowest BCUT2D eigenvalue weighted by Gasteiger charge is -2.23. The number of nitro groups is 1. The van der Waals surface area contributed by atoms with Crippen LogP contribution in [0.5, 0.6) is 0 Å². The summed E-state index contributed by atoms with van der Waals surface area (Å²) in [5.41, 5.74) is -0.211. The van der Waals surface area contributed by atoms with Gasteiger partial charge in [-0.05, 0) is 32.0 Å². The number of carbonyl (C=O) groups is 2. The molecule has 2 aromatic carbocycles. The Balaban J connectivity index is 2.36. The Labute approximate surface area is 172 Å². The van der Waals surface area contributed by atoms with Gasteiger partial charge in [0.2, 0.25) is 5.91 Å². The van der Waals surface area contributed by atoms with Crippen LogP contribution >= 0.6 is 11.8 Å². The number of benzene rings is 2. The zero-order valence-corrected chi connectivity index (χ0v) is 17.2. The first-order valence-corrected chi connectivity index (χ1v) is 9.84. The molecule has 0 N–H and O–H groups in total. The maximum absolute atomic E-state index is 14.0. The monoisotopic (exact) mass is 419 g/mol. The van der Waals surface area contributed by atoms with Crippen molar-refractivity contribution >= 4 is 29.3 Å². The molecular formula is C20H22FN3O4S. The summed E-state index contributed by atoms with van der Waals surface area (Å²) in [6.07, 6.45) is 0. The Kier molecular flexibility index (Phi) is 7.72. The van der Waals surface area contributed by atoms with Gasteiger partial charge in [0.05, 0.1) is 17.0 Å². The lowest BCUT2D eigenvalue weighted by atomic mass is 10.1. The summed E-state index contributed by atoms with van der Waals surface area (Å²) in [7, 11) is 1.46. The van der Waals surface area contributed by atoms with E-state index in [0.29, 0.717) is 18.0 Å². The normalized spacial score (nSPS) is 10.5. The van der Waals surface area contributed by atoms with Gasteiger partial charge in [0, 0.05) is 42.1 Å². The number of likely N-dealkylation sites (N-methyl/N-ethyl adjacent to an activating group) is 2. The number of non-ortho nitro benzene ring substituents is 1. The number of hydrogen-bond acceptors (Lipinski definition) is 5. The van der Waals surface area contributed by atoms with Gasteiger partial charge in [-0.25, -0.2) is 4.39 Å². The third kappa shape index (κ3) is 5.54. The first kappa shape index (κ1) is 22.4. The van der Waals surface area contributed by atoms with Gasteiger partial charge >= 0.3 is 0 Å². The number of rotatable bonds is 8. The molecule has 2 aromatic rings. The molecule has 0 atom stereocenters. The number of hydrogen-bond donors (Lipinski definition) is 0. The molecule has 0 saturated carbocycles. The Morgan fingerprint density at radius 2 is 1.76 bits per heavy atom. The minimum atomic E-state index is -0.602. The molecule has 2 rings (SSSR count). The van der Waals surface area contributed by atoms with Gasteiger partial charge in [-0.15, -0.1) is 0 Å². The van der Waals surface area contributed by atoms with Gasteiger partial charge < -0.3 is 9.80 Å². The quantitative estimate of drug-likeness (QED) is 0.480. The third-order valence-corrected chi connectivity index (χ3v) is 5.42. The van der Waals surface area contributed by atoms with E-state index in [0.717, 1.165) is 17.8 Å². The molecule has 154 valence electrons. The van der Waals surface area contributed by atoms with Crippen LogP contribution in [-0.4, -0.2) is 53.2 Å². The van der Waals surface area contributed by atoms with Crippen LogP contribution < -0.4 is 0 Å². The highest BCUT2D eigenvalue weighted by Gasteiger charge is 2.23. The summed E-state index contributed by atoms with van der Waals surface area (Å²) in [5.74, 6) is -1.23. The van der Waals surface area contributed by atoms with E-state index in [2.05, 4.69) is 0 Å². The van der Waals surface area contributed by atoms with E-state index in [1.165, 1.54) is 30.1 Å². The van der Waals surface area contributed by atoms with Gasteiger partial charge in [-0.1, -0.05) is 23.9 Å². The van der Waals surface area contributed by atoms with Crippen molar-refractivity contribution in [3.05, 3.63) is 64.0 Å². The molecule has 0 spiro atoms. The van der Waals surface area contributed by atoms with Gasteiger partial charge in [0.1, 0.15) is 5.82 Å². The van der Waals surface area contributed by atoms with Crippen molar-refractivity contribution in [2.75, 3.05) is 26.7 Å². The molecule has 0 saturated heterocycles. The molecule has 9 heteroatoms. The number of carbonyl (C=O) groups excluding carboxylic acids is 2. The molecule has 7 nitrogen and oxygen atoms in total. The summed E-state index contributed by atoms with van der Waals surface area (Å²) in [5, 5.41) is 11.2. The summed E-state index contributed by atoms with van der Waals surface area (Å²) in [6, 6.07) is 9.90. The summed E-state index contributed by atoms with van der Waals surface area (Å²) < 4.78 is 14.0. The first-order chi connectivity index (χ1) is 13.8. The van der Waals surface area contributed by atoms with E-state index in [1.807, 2.05) is 13.8 Å². The molecule has 0 aliphatic rings. The first-order valence-electron chi connectivity index (χ1n) is 9.02. The van der Waals surface area contributed by atoms with Gasteiger partial charge in [0.15, 0.2) is 0 Å². The minimum Gasteiger partial charge on any atom is -0.342 e. The molecule has 0 bridgehead atoms. The number of nitro benzene ring substituents is 1. The van der Waals surface area contributed by atoms with E-state index in [9.17, 15) is 24.1 Å². The Hall–Kier alpha value is -2.94. The molecule has 0 fully saturated rings. The highest BCUT2D eigenvalue weighted by Crippen LogP contribution is 2.34. The van der Waals surface area contributed by atoms with Crippen molar-refractivity contribution < 1.29 is 18.9 Å². The van der Waals surface area contributed by atoms with Crippen molar-refractivity contribution in [3.63, 3.8) is 0 Å². The fourth-order valence-corrected chi connectivity index (χ4v) is 3.63. The summed E-state index contributed by atoms with van der Waals surface area (Å²) in [4.78, 5) is 39.3. The zero-order chi connectivity index (χ0) is 21.6. The van der Waals surface area contributed by atoms with Crippen molar-refractivity contribution in [2.24, 2.45) is 0 Å². The van der Waals surface area contributed by atoms with Crippen LogP contribution in [0.4, 0.5) is 10.1 Å². The molecule has 0 aromatic heterocycles. The van der Waals surface area contributed by atoms with Crippen LogP contribution in [0, 0.1) is 15.9 Å². The van der Waals surface area contributed by atoms with Crippen LogP contribution in [0.1, 0.15) is 24.2 Å². The standard InChI is InChI=1S/C20H22FN3O4S/c1-4-23(5-2)19(25)13-22(3)20(26)15-12-14(24(27)28)10-11-17(15)29-18-9-7-6-8-16(18)21/h6-12H,4-5,13H2,1-3H3. The summed E-state index contributed by atoms with van der Waals surface area (Å²) >= 11 is 1.00. The second-order valence-electron chi connectivity index (χ2n) is 6.20. The van der Waals surface area contributed by atoms with Crippen LogP contribution in [0.3, 0.4) is 0 Å². The zero-order valence-electron chi connectivity index (χ0n) is 16.4. The molecule has 0 aliphatic carbocycles. The number of nitrogens with zero attached hydrogens (tertiary/aromatic N) is 3. The van der Waals surface area contributed by atoms with Gasteiger partial charge in [-0.2, -0.15) is 0 Å². The topological polar surface area (TPSA) is 83.8 Å². The van der Waals surface area contributed by atoms with Crippen molar-refractivity contribution in [1.82, 2.24) is 9.80 Å². The average Bonchev–Trinajstić information content (AvgIpc) is 2.70. The second kappa shape index (κ2) is 10.0.